The number of rotatable bonds is 2. The maximum Gasteiger partial charge on any atom is 0.335 e. The van der Waals surface area contributed by atoms with E-state index >= 15 is 0 Å². The minimum Gasteiger partial charge on any atom is -0.478 e. The van der Waals surface area contributed by atoms with Crippen LogP contribution in [0.25, 0.3) is 11.1 Å². The van der Waals surface area contributed by atoms with Crippen LogP contribution in [0, 0.1) is 17.5 Å². The minimum atomic E-state index is -1.53. The van der Waals surface area contributed by atoms with Gasteiger partial charge >= 0.3 is 5.97 Å². The van der Waals surface area contributed by atoms with Crippen molar-refractivity contribution in [2.75, 3.05) is 0 Å². The largest absolute Gasteiger partial charge is 0.478 e. The fourth-order valence-electron chi connectivity index (χ4n) is 1.53. The fraction of sp³-hybridized carbons (Fsp3) is 0. The third kappa shape index (κ3) is 2.20. The molecule has 0 fully saturated rings. The zero-order valence-corrected chi connectivity index (χ0v) is 8.95. The normalized spacial score (nSPS) is 10.4. The van der Waals surface area contributed by atoms with Crippen molar-refractivity contribution in [3.63, 3.8) is 0 Å². The summed E-state index contributed by atoms with van der Waals surface area (Å²) in [4.78, 5) is 10.6. The molecule has 0 saturated carbocycles. The van der Waals surface area contributed by atoms with Crippen molar-refractivity contribution >= 4 is 5.97 Å². The molecule has 92 valence electrons. The van der Waals surface area contributed by atoms with Crippen molar-refractivity contribution < 1.29 is 23.1 Å². The molecule has 0 atom stereocenters. The highest BCUT2D eigenvalue weighted by molar-refractivity contribution is 5.88. The lowest BCUT2D eigenvalue weighted by atomic mass is 10.0. The smallest absolute Gasteiger partial charge is 0.335 e. The van der Waals surface area contributed by atoms with Crippen LogP contribution < -0.4 is 0 Å². The first-order valence-corrected chi connectivity index (χ1v) is 4.97. The van der Waals surface area contributed by atoms with Crippen LogP contribution >= 0.6 is 0 Å². The molecule has 0 saturated heterocycles. The Bertz CT molecular complexity index is 583. The van der Waals surface area contributed by atoms with Crippen molar-refractivity contribution in [2.24, 2.45) is 0 Å². The average molecular weight is 252 g/mol. The Labute approximate surface area is 100 Å². The fourth-order valence-corrected chi connectivity index (χ4v) is 1.53. The molecular weight excluding hydrogens is 245 g/mol. The topological polar surface area (TPSA) is 37.3 Å². The van der Waals surface area contributed by atoms with Crippen LogP contribution in [0.1, 0.15) is 10.4 Å². The molecule has 18 heavy (non-hydrogen) atoms. The number of carboxylic acids is 1. The van der Waals surface area contributed by atoms with Gasteiger partial charge in [0.05, 0.1) is 5.56 Å². The van der Waals surface area contributed by atoms with Gasteiger partial charge in [-0.2, -0.15) is 0 Å². The molecule has 1 N–H and O–H groups in total. The van der Waals surface area contributed by atoms with Crippen LogP contribution in [-0.2, 0) is 0 Å². The molecule has 2 aromatic carbocycles. The summed E-state index contributed by atoms with van der Waals surface area (Å²) in [7, 11) is 0. The summed E-state index contributed by atoms with van der Waals surface area (Å²) in [6.45, 7) is 0. The van der Waals surface area contributed by atoms with Crippen LogP contribution in [0.4, 0.5) is 13.2 Å². The van der Waals surface area contributed by atoms with Crippen LogP contribution in [0.5, 0.6) is 0 Å². The molecule has 0 radical (unpaired) electrons. The molecule has 2 aromatic rings. The van der Waals surface area contributed by atoms with Gasteiger partial charge in [0.15, 0.2) is 17.5 Å². The molecule has 0 amide bonds. The summed E-state index contributed by atoms with van der Waals surface area (Å²) >= 11 is 0. The molecule has 0 spiro atoms. The number of hydrogen-bond donors (Lipinski definition) is 1. The van der Waals surface area contributed by atoms with Crippen molar-refractivity contribution in [3.8, 4) is 11.1 Å². The Hall–Kier alpha value is -2.30. The highest BCUT2D eigenvalue weighted by Crippen LogP contribution is 2.24. The Morgan fingerprint density at radius 3 is 1.83 bits per heavy atom. The number of aromatic carboxylic acids is 1. The van der Waals surface area contributed by atoms with Crippen molar-refractivity contribution in [3.05, 3.63) is 59.4 Å². The van der Waals surface area contributed by atoms with Gasteiger partial charge in [-0.3, -0.25) is 0 Å². The first-order valence-electron chi connectivity index (χ1n) is 4.97. The van der Waals surface area contributed by atoms with Crippen molar-refractivity contribution in [2.45, 2.75) is 0 Å². The Kier molecular flexibility index (Phi) is 3.06. The van der Waals surface area contributed by atoms with Gasteiger partial charge in [0.2, 0.25) is 0 Å². The van der Waals surface area contributed by atoms with Crippen molar-refractivity contribution in [1.29, 1.82) is 0 Å². The Morgan fingerprint density at radius 2 is 1.39 bits per heavy atom. The molecular formula is C13H7F3O2. The number of carbonyl (C=O) groups is 1. The molecule has 0 bridgehead atoms. The van der Waals surface area contributed by atoms with E-state index in [9.17, 15) is 18.0 Å². The Morgan fingerprint density at radius 1 is 0.889 bits per heavy atom. The van der Waals surface area contributed by atoms with E-state index in [1.54, 1.807) is 0 Å². The minimum absolute atomic E-state index is 0.0572. The third-order valence-electron chi connectivity index (χ3n) is 2.45. The highest BCUT2D eigenvalue weighted by Gasteiger charge is 2.12. The van der Waals surface area contributed by atoms with Crippen LogP contribution in [0.2, 0.25) is 0 Å². The number of hydrogen-bond acceptors (Lipinski definition) is 1. The summed E-state index contributed by atoms with van der Waals surface area (Å²) in [5.41, 5.74) is 0.600. The van der Waals surface area contributed by atoms with Gasteiger partial charge in [-0.1, -0.05) is 12.1 Å². The predicted molar refractivity (Wildman–Crippen MR) is 58.7 cm³/mol. The van der Waals surface area contributed by atoms with E-state index in [1.807, 2.05) is 0 Å². The molecule has 0 unspecified atom stereocenters. The predicted octanol–water partition coefficient (Wildman–Crippen LogP) is 3.47. The van der Waals surface area contributed by atoms with Crippen molar-refractivity contribution in [1.82, 2.24) is 0 Å². The summed E-state index contributed by atoms with van der Waals surface area (Å²) in [6, 6.07) is 7.11. The van der Waals surface area contributed by atoms with E-state index in [4.69, 9.17) is 5.11 Å². The second kappa shape index (κ2) is 4.52. The molecule has 0 aromatic heterocycles. The van der Waals surface area contributed by atoms with E-state index in [-0.39, 0.29) is 11.1 Å². The van der Waals surface area contributed by atoms with Gasteiger partial charge in [-0.15, -0.1) is 0 Å². The Balaban J connectivity index is 2.46. The summed E-state index contributed by atoms with van der Waals surface area (Å²) in [5.74, 6) is -5.20. The second-order valence-electron chi connectivity index (χ2n) is 3.64. The first kappa shape index (κ1) is 12.2. The molecule has 0 aliphatic rings. The maximum atomic E-state index is 13.0. The summed E-state index contributed by atoms with van der Waals surface area (Å²) < 4.78 is 38.8. The lowest BCUT2D eigenvalue weighted by Gasteiger charge is -2.04. The van der Waals surface area contributed by atoms with Gasteiger partial charge in [-0.05, 0) is 35.4 Å². The number of halogens is 3. The van der Waals surface area contributed by atoms with E-state index < -0.39 is 23.4 Å². The highest BCUT2D eigenvalue weighted by atomic mass is 19.2. The van der Waals surface area contributed by atoms with Gasteiger partial charge in [-0.25, -0.2) is 18.0 Å². The van der Waals surface area contributed by atoms with E-state index in [0.29, 0.717) is 5.56 Å². The lowest BCUT2D eigenvalue weighted by molar-refractivity contribution is 0.0697. The van der Waals surface area contributed by atoms with Gasteiger partial charge < -0.3 is 5.11 Å². The van der Waals surface area contributed by atoms with Crippen LogP contribution in [-0.4, -0.2) is 11.1 Å². The van der Waals surface area contributed by atoms with E-state index in [0.717, 1.165) is 12.1 Å². The quantitative estimate of drug-likeness (QED) is 0.831. The van der Waals surface area contributed by atoms with Gasteiger partial charge in [0.1, 0.15) is 0 Å². The second-order valence-corrected chi connectivity index (χ2v) is 3.64. The average Bonchev–Trinajstić information content (AvgIpc) is 2.35. The zero-order chi connectivity index (χ0) is 13.3. The van der Waals surface area contributed by atoms with Gasteiger partial charge in [0.25, 0.3) is 0 Å². The molecule has 0 aliphatic carbocycles. The van der Waals surface area contributed by atoms with E-state index in [1.165, 1.54) is 24.3 Å². The molecule has 2 rings (SSSR count). The monoisotopic (exact) mass is 252 g/mol. The van der Waals surface area contributed by atoms with E-state index in [2.05, 4.69) is 0 Å². The van der Waals surface area contributed by atoms with Crippen LogP contribution in [0.15, 0.2) is 36.4 Å². The SMILES string of the molecule is O=C(O)c1ccc(-c2cc(F)c(F)c(F)c2)cc1. The first-order chi connectivity index (χ1) is 8.49. The summed E-state index contributed by atoms with van der Waals surface area (Å²) in [6.07, 6.45) is 0. The maximum absolute atomic E-state index is 13.0. The summed E-state index contributed by atoms with van der Waals surface area (Å²) in [5, 5.41) is 8.70. The number of carboxylic acid groups (broad SMARTS) is 1. The van der Waals surface area contributed by atoms with Crippen LogP contribution in [0.3, 0.4) is 0 Å². The lowest BCUT2D eigenvalue weighted by Crippen LogP contribution is -1.96. The van der Waals surface area contributed by atoms with Gasteiger partial charge in [0, 0.05) is 0 Å². The molecule has 0 heterocycles. The zero-order valence-electron chi connectivity index (χ0n) is 8.95. The molecule has 5 heteroatoms. The molecule has 2 nitrogen and oxygen atoms in total. The standard InChI is InChI=1S/C13H7F3O2/c14-10-5-9(6-11(15)12(10)16)7-1-3-8(4-2-7)13(17)18/h1-6H,(H,17,18). The third-order valence-corrected chi connectivity index (χ3v) is 2.45. The number of benzene rings is 2. The molecule has 0 aliphatic heterocycles.